The van der Waals surface area contributed by atoms with E-state index in [4.69, 9.17) is 8.92 Å². The third kappa shape index (κ3) is 5.90. The first-order valence-corrected chi connectivity index (χ1v) is 12.8. The van der Waals surface area contributed by atoms with Crippen molar-refractivity contribution in [1.29, 1.82) is 0 Å². The Morgan fingerprint density at radius 2 is 1.78 bits per heavy atom. The number of aliphatic imine (C=N–C) groups is 1. The van der Waals surface area contributed by atoms with Crippen LogP contribution in [0.15, 0.2) is 87.6 Å². The third-order valence-electron chi connectivity index (χ3n) is 4.74. The van der Waals surface area contributed by atoms with Gasteiger partial charge in [-0.05, 0) is 66.7 Å². The second-order valence-corrected chi connectivity index (χ2v) is 9.82. The van der Waals surface area contributed by atoms with Gasteiger partial charge >= 0.3 is 10.1 Å². The van der Waals surface area contributed by atoms with Crippen molar-refractivity contribution < 1.29 is 27.1 Å². The van der Waals surface area contributed by atoms with E-state index < -0.39 is 15.0 Å². The van der Waals surface area contributed by atoms with Crippen molar-refractivity contribution in [3.63, 3.8) is 0 Å². The monoisotopic (exact) mass is 525 g/mol. The molecule has 1 aliphatic heterocycles. The van der Waals surface area contributed by atoms with Crippen molar-refractivity contribution in [3.8, 4) is 11.5 Å². The summed E-state index contributed by atoms with van der Waals surface area (Å²) in [6.07, 6.45) is 1.63. The number of amides is 1. The Labute approximate surface area is 210 Å². The van der Waals surface area contributed by atoms with Gasteiger partial charge in [0.25, 0.3) is 11.6 Å². The van der Waals surface area contributed by atoms with Crippen LogP contribution in [0.25, 0.3) is 6.08 Å². The fourth-order valence-electron chi connectivity index (χ4n) is 3.10. The van der Waals surface area contributed by atoms with Gasteiger partial charge in [-0.1, -0.05) is 24.3 Å². The molecule has 12 heteroatoms. The number of carbonyl (C=O) groups excluding carboxylic acids is 1. The van der Waals surface area contributed by atoms with Gasteiger partial charge in [-0.3, -0.25) is 14.9 Å². The molecule has 0 radical (unpaired) electrons. The Balaban J connectivity index is 1.57. The lowest BCUT2D eigenvalue weighted by Gasteiger charge is -2.12. The average Bonchev–Trinajstić information content (AvgIpc) is 3.19. The van der Waals surface area contributed by atoms with E-state index in [0.717, 1.165) is 24.3 Å². The van der Waals surface area contributed by atoms with Gasteiger partial charge in [0.1, 0.15) is 4.90 Å². The Morgan fingerprint density at radius 3 is 2.44 bits per heavy atom. The number of nitro groups is 1. The molecule has 0 aliphatic carbocycles. The number of rotatable bonds is 8. The molecule has 1 N–H and O–H groups in total. The van der Waals surface area contributed by atoms with Gasteiger partial charge in [-0.2, -0.15) is 8.42 Å². The molecule has 0 bridgehead atoms. The molecule has 184 valence electrons. The maximum Gasteiger partial charge on any atom is 0.339 e. The molecule has 1 heterocycles. The molecule has 4 rings (SSSR count). The molecule has 0 saturated carbocycles. The number of nitrogens with zero attached hydrogens (tertiary/aromatic N) is 2. The Hall–Kier alpha value is -4.16. The van der Waals surface area contributed by atoms with Crippen LogP contribution >= 0.6 is 11.8 Å². The second-order valence-electron chi connectivity index (χ2n) is 7.24. The average molecular weight is 526 g/mol. The highest BCUT2D eigenvalue weighted by Gasteiger charge is 2.25. The third-order valence-corrected chi connectivity index (χ3v) is 6.90. The largest absolute Gasteiger partial charge is 0.490 e. The minimum atomic E-state index is -4.28. The van der Waals surface area contributed by atoms with Crippen LogP contribution in [-0.2, 0) is 14.9 Å². The summed E-state index contributed by atoms with van der Waals surface area (Å²) >= 11 is 1.18. The van der Waals surface area contributed by atoms with E-state index in [-0.39, 0.29) is 34.6 Å². The highest BCUT2D eigenvalue weighted by Crippen LogP contribution is 2.34. The van der Waals surface area contributed by atoms with Crippen LogP contribution in [0, 0.1) is 10.1 Å². The van der Waals surface area contributed by atoms with E-state index in [1.807, 2.05) is 30.3 Å². The van der Waals surface area contributed by atoms with Crippen LogP contribution < -0.4 is 14.2 Å². The highest BCUT2D eigenvalue weighted by molar-refractivity contribution is 8.18. The topological polar surface area (TPSA) is 137 Å². The van der Waals surface area contributed by atoms with Crippen LogP contribution in [0.4, 0.5) is 11.4 Å². The highest BCUT2D eigenvalue weighted by atomic mass is 32.2. The predicted octanol–water partition coefficient (Wildman–Crippen LogP) is 4.65. The van der Waals surface area contributed by atoms with E-state index in [1.165, 1.54) is 17.8 Å². The summed E-state index contributed by atoms with van der Waals surface area (Å²) in [5.74, 6) is -0.222. The van der Waals surface area contributed by atoms with E-state index in [9.17, 15) is 23.3 Å². The number of para-hydroxylation sites is 1. The molecule has 10 nitrogen and oxygen atoms in total. The molecule has 3 aromatic carbocycles. The number of amidine groups is 1. The van der Waals surface area contributed by atoms with Gasteiger partial charge in [0, 0.05) is 12.1 Å². The zero-order valence-electron chi connectivity index (χ0n) is 18.8. The fraction of sp³-hybridized carbons (Fsp3) is 0.0833. The van der Waals surface area contributed by atoms with Crippen molar-refractivity contribution in [1.82, 2.24) is 5.32 Å². The quantitative estimate of drug-likeness (QED) is 0.194. The predicted molar refractivity (Wildman–Crippen MR) is 136 cm³/mol. The standard InChI is InChI=1S/C24H19N3O7S2/c1-2-33-21-14-16(15-22-23(28)26-24(35-22)25-17-6-4-3-5-7-17)8-13-20(21)34-36(31,32)19-11-9-18(10-12-19)27(29)30/h3-15H,2H2,1H3,(H,25,26,28)/b22-15-. The zero-order valence-corrected chi connectivity index (χ0v) is 20.4. The van der Waals surface area contributed by atoms with Gasteiger partial charge in [-0.25, -0.2) is 4.99 Å². The SMILES string of the molecule is CCOc1cc(/C=C2\SC(=Nc3ccccc3)NC2=O)ccc1OS(=O)(=O)c1ccc([N+](=O)[O-])cc1. The number of non-ortho nitro benzene ring substituents is 1. The van der Waals surface area contributed by atoms with E-state index in [0.29, 0.717) is 21.3 Å². The lowest BCUT2D eigenvalue weighted by molar-refractivity contribution is -0.384. The minimum Gasteiger partial charge on any atom is -0.490 e. The molecule has 1 saturated heterocycles. The van der Waals surface area contributed by atoms with Crippen molar-refractivity contribution in [2.75, 3.05) is 6.61 Å². The number of carbonyl (C=O) groups is 1. The number of ether oxygens (including phenoxy) is 1. The molecular formula is C24H19N3O7S2. The van der Waals surface area contributed by atoms with Gasteiger partial charge in [0.2, 0.25) is 0 Å². The summed E-state index contributed by atoms with van der Waals surface area (Å²) in [7, 11) is -4.28. The number of thioether (sulfide) groups is 1. The van der Waals surface area contributed by atoms with E-state index in [1.54, 1.807) is 25.1 Å². The first-order valence-electron chi connectivity index (χ1n) is 10.6. The molecule has 0 atom stereocenters. The van der Waals surface area contributed by atoms with Gasteiger partial charge < -0.3 is 14.2 Å². The summed E-state index contributed by atoms with van der Waals surface area (Å²) in [6.45, 7) is 1.96. The second kappa shape index (κ2) is 10.6. The van der Waals surface area contributed by atoms with Crippen molar-refractivity contribution in [3.05, 3.63) is 93.4 Å². The van der Waals surface area contributed by atoms with Crippen LogP contribution in [0.2, 0.25) is 0 Å². The van der Waals surface area contributed by atoms with Crippen LogP contribution in [0.3, 0.4) is 0 Å². The van der Waals surface area contributed by atoms with Crippen molar-refractivity contribution in [2.45, 2.75) is 11.8 Å². The molecular weight excluding hydrogens is 506 g/mol. The first kappa shape index (κ1) is 24.9. The summed E-state index contributed by atoms with van der Waals surface area (Å²) in [4.78, 5) is 27.2. The van der Waals surface area contributed by atoms with Gasteiger partial charge in [-0.15, -0.1) is 0 Å². The lowest BCUT2D eigenvalue weighted by atomic mass is 10.2. The van der Waals surface area contributed by atoms with Crippen LogP contribution in [0.1, 0.15) is 12.5 Å². The molecule has 1 aliphatic rings. The summed E-state index contributed by atoms with van der Waals surface area (Å²) in [6, 6.07) is 18.1. The summed E-state index contributed by atoms with van der Waals surface area (Å²) in [5.41, 5.74) is 1.04. The van der Waals surface area contributed by atoms with Gasteiger partial charge in [0.15, 0.2) is 16.7 Å². The maximum atomic E-state index is 12.7. The summed E-state index contributed by atoms with van der Waals surface area (Å²) < 4.78 is 36.2. The van der Waals surface area contributed by atoms with Crippen molar-refractivity contribution >= 4 is 50.4 Å². The fourth-order valence-corrected chi connectivity index (χ4v) is 4.89. The van der Waals surface area contributed by atoms with Crippen LogP contribution in [-0.4, -0.2) is 31.0 Å². The Bertz CT molecular complexity index is 1470. The number of nitrogens with one attached hydrogen (secondary N) is 1. The number of hydrogen-bond acceptors (Lipinski definition) is 9. The van der Waals surface area contributed by atoms with E-state index in [2.05, 4.69) is 10.3 Å². The number of nitro benzene ring substituents is 1. The number of benzene rings is 3. The Morgan fingerprint density at radius 1 is 1.06 bits per heavy atom. The molecule has 0 unspecified atom stereocenters. The normalized spacial score (nSPS) is 15.6. The van der Waals surface area contributed by atoms with Crippen molar-refractivity contribution in [2.24, 2.45) is 4.99 Å². The first-order chi connectivity index (χ1) is 17.2. The molecule has 1 amide bonds. The zero-order chi connectivity index (χ0) is 25.7. The molecule has 3 aromatic rings. The summed E-state index contributed by atoms with van der Waals surface area (Å²) in [5, 5.41) is 14.0. The molecule has 1 fully saturated rings. The smallest absolute Gasteiger partial charge is 0.339 e. The molecule has 36 heavy (non-hydrogen) atoms. The Kier molecular flexibility index (Phi) is 7.36. The maximum absolute atomic E-state index is 12.7. The number of hydrogen-bond donors (Lipinski definition) is 1. The lowest BCUT2D eigenvalue weighted by Crippen LogP contribution is -2.19. The van der Waals surface area contributed by atoms with Crippen LogP contribution in [0.5, 0.6) is 11.5 Å². The molecule has 0 spiro atoms. The minimum absolute atomic E-state index is 0.0628. The van der Waals surface area contributed by atoms with Gasteiger partial charge in [0.05, 0.1) is 22.1 Å². The van der Waals surface area contributed by atoms with E-state index >= 15 is 0 Å². The molecule has 0 aromatic heterocycles.